The molecule has 212 valence electrons. The molecule has 0 saturated carbocycles. The lowest BCUT2D eigenvalue weighted by Gasteiger charge is -2.19. The van der Waals surface area contributed by atoms with Gasteiger partial charge >= 0.3 is 6.09 Å². The molecular formula is C30H37N5O5. The molecule has 1 aliphatic rings. The van der Waals surface area contributed by atoms with Crippen LogP contribution in [0.5, 0.6) is 11.6 Å². The van der Waals surface area contributed by atoms with E-state index in [4.69, 9.17) is 14.2 Å². The summed E-state index contributed by atoms with van der Waals surface area (Å²) in [7, 11) is 1.62. The van der Waals surface area contributed by atoms with Crippen LogP contribution in [0.25, 0.3) is 0 Å². The van der Waals surface area contributed by atoms with Gasteiger partial charge in [-0.05, 0) is 69.4 Å². The van der Waals surface area contributed by atoms with Crippen molar-refractivity contribution in [2.45, 2.75) is 52.2 Å². The number of nitrogens with one attached hydrogen (secondary N) is 2. The lowest BCUT2D eigenvalue weighted by Crippen LogP contribution is -2.33. The second kappa shape index (κ2) is 13.1. The predicted octanol–water partition coefficient (Wildman–Crippen LogP) is 4.79. The first kappa shape index (κ1) is 28.7. The zero-order valence-electron chi connectivity index (χ0n) is 23.5. The first-order valence-electron chi connectivity index (χ1n) is 13.5. The Labute approximate surface area is 235 Å². The molecule has 4 rings (SSSR count). The highest BCUT2D eigenvalue weighted by molar-refractivity contribution is 5.96. The Morgan fingerprint density at radius 1 is 1.00 bits per heavy atom. The second-order valence-corrected chi connectivity index (χ2v) is 10.4. The third-order valence-electron chi connectivity index (χ3n) is 6.21. The highest BCUT2D eigenvalue weighted by atomic mass is 16.6. The Balaban J connectivity index is 1.40. The van der Waals surface area contributed by atoms with Crippen LogP contribution in [0, 0.1) is 0 Å². The molecule has 10 heteroatoms. The molecular weight excluding hydrogens is 510 g/mol. The van der Waals surface area contributed by atoms with Crippen LogP contribution in [-0.2, 0) is 17.8 Å². The average Bonchev–Trinajstić information content (AvgIpc) is 3.37. The predicted molar refractivity (Wildman–Crippen MR) is 152 cm³/mol. The smallest absolute Gasteiger partial charge is 0.407 e. The van der Waals surface area contributed by atoms with Crippen LogP contribution >= 0.6 is 0 Å². The molecule has 2 amide bonds. The lowest BCUT2D eigenvalue weighted by atomic mass is 10.2. The van der Waals surface area contributed by atoms with Crippen molar-refractivity contribution in [3.8, 4) is 11.6 Å². The van der Waals surface area contributed by atoms with Crippen molar-refractivity contribution in [3.63, 3.8) is 0 Å². The van der Waals surface area contributed by atoms with Gasteiger partial charge in [0.2, 0.25) is 11.8 Å². The number of ether oxygens (including phenoxy) is 3. The van der Waals surface area contributed by atoms with Gasteiger partial charge in [0.25, 0.3) is 5.91 Å². The molecule has 0 fully saturated rings. The van der Waals surface area contributed by atoms with Crippen LogP contribution in [-0.4, -0.2) is 54.3 Å². The number of amides is 2. The molecule has 1 aliphatic heterocycles. The molecule has 0 atom stereocenters. The number of methoxy groups -OCH3 is 1. The van der Waals surface area contributed by atoms with E-state index >= 15 is 0 Å². The summed E-state index contributed by atoms with van der Waals surface area (Å²) in [5, 5.41) is 5.63. The molecule has 0 radical (unpaired) electrons. The van der Waals surface area contributed by atoms with Crippen molar-refractivity contribution in [2.24, 2.45) is 0 Å². The highest BCUT2D eigenvalue weighted by Gasteiger charge is 2.24. The van der Waals surface area contributed by atoms with Crippen molar-refractivity contribution in [3.05, 3.63) is 71.4 Å². The monoisotopic (exact) mass is 547 g/mol. The minimum Gasteiger partial charge on any atom is -0.497 e. The number of benzene rings is 2. The second-order valence-electron chi connectivity index (χ2n) is 10.4. The number of unbranched alkanes of at least 4 members (excludes halogenated alkanes) is 1. The van der Waals surface area contributed by atoms with Crippen LogP contribution in [0.3, 0.4) is 0 Å². The maximum atomic E-state index is 13.1. The fourth-order valence-corrected chi connectivity index (χ4v) is 4.22. The SMILES string of the molecule is COc1ccc(COc2nc(N3CCc4ccccc43)ncc2C(=O)NCCCCNC(=O)OC(C)(C)C)cc1. The summed E-state index contributed by atoms with van der Waals surface area (Å²) in [4.78, 5) is 36.1. The number of rotatable bonds is 11. The van der Waals surface area contributed by atoms with Crippen LogP contribution in [0.1, 0.15) is 55.1 Å². The van der Waals surface area contributed by atoms with Crippen molar-refractivity contribution in [1.82, 2.24) is 20.6 Å². The van der Waals surface area contributed by atoms with Crippen LogP contribution in [0.2, 0.25) is 0 Å². The van der Waals surface area contributed by atoms with Gasteiger partial charge in [0, 0.05) is 31.5 Å². The van der Waals surface area contributed by atoms with E-state index in [-0.39, 0.29) is 24.0 Å². The largest absolute Gasteiger partial charge is 0.497 e. The summed E-state index contributed by atoms with van der Waals surface area (Å²) in [5.41, 5.74) is 2.92. The fourth-order valence-electron chi connectivity index (χ4n) is 4.22. The number of alkyl carbamates (subject to hydrolysis) is 1. The third kappa shape index (κ3) is 7.84. The van der Waals surface area contributed by atoms with Gasteiger partial charge in [-0.1, -0.05) is 30.3 Å². The first-order valence-corrected chi connectivity index (χ1v) is 13.5. The quantitative estimate of drug-likeness (QED) is 0.329. The number of nitrogens with zero attached hydrogens (tertiary/aromatic N) is 3. The van der Waals surface area contributed by atoms with E-state index in [1.807, 2.05) is 68.1 Å². The molecule has 0 aliphatic carbocycles. The summed E-state index contributed by atoms with van der Waals surface area (Å²) in [6, 6.07) is 15.7. The van der Waals surface area contributed by atoms with E-state index in [1.165, 1.54) is 11.8 Å². The molecule has 2 heterocycles. The zero-order valence-corrected chi connectivity index (χ0v) is 23.5. The molecule has 3 aromatic rings. The van der Waals surface area contributed by atoms with E-state index in [2.05, 4.69) is 26.7 Å². The topological polar surface area (TPSA) is 115 Å². The van der Waals surface area contributed by atoms with Crippen molar-refractivity contribution < 1.29 is 23.8 Å². The molecule has 1 aromatic heterocycles. The third-order valence-corrected chi connectivity index (χ3v) is 6.21. The Morgan fingerprint density at radius 3 is 2.45 bits per heavy atom. The highest BCUT2D eigenvalue weighted by Crippen LogP contribution is 2.33. The van der Waals surface area contributed by atoms with Gasteiger partial charge in [0.1, 0.15) is 23.5 Å². The number of carbonyl (C=O) groups excluding carboxylic acids is 2. The van der Waals surface area contributed by atoms with Gasteiger partial charge in [-0.3, -0.25) is 4.79 Å². The van der Waals surface area contributed by atoms with Gasteiger partial charge in [-0.2, -0.15) is 4.98 Å². The van der Waals surface area contributed by atoms with Crippen LogP contribution < -0.4 is 25.0 Å². The summed E-state index contributed by atoms with van der Waals surface area (Å²) in [6.45, 7) is 7.31. The van der Waals surface area contributed by atoms with Crippen LogP contribution in [0.4, 0.5) is 16.4 Å². The fraction of sp³-hybridized carbons (Fsp3) is 0.400. The van der Waals surface area contributed by atoms with Gasteiger partial charge in [-0.25, -0.2) is 9.78 Å². The summed E-state index contributed by atoms with van der Waals surface area (Å²) < 4.78 is 16.5. The van der Waals surface area contributed by atoms with Gasteiger partial charge in [-0.15, -0.1) is 0 Å². The van der Waals surface area contributed by atoms with E-state index in [9.17, 15) is 9.59 Å². The number of para-hydroxylation sites is 1. The molecule has 0 spiro atoms. The number of hydrogen-bond acceptors (Lipinski definition) is 8. The molecule has 2 N–H and O–H groups in total. The number of carbonyl (C=O) groups is 2. The van der Waals surface area contributed by atoms with Crippen molar-refractivity contribution in [1.29, 1.82) is 0 Å². The molecule has 0 unspecified atom stereocenters. The average molecular weight is 548 g/mol. The Bertz CT molecular complexity index is 1310. The number of aromatic nitrogens is 2. The zero-order chi connectivity index (χ0) is 28.5. The number of anilines is 2. The summed E-state index contributed by atoms with van der Waals surface area (Å²) >= 11 is 0. The van der Waals surface area contributed by atoms with Gasteiger partial charge in [0.15, 0.2) is 0 Å². The van der Waals surface area contributed by atoms with Gasteiger partial charge in [0.05, 0.1) is 7.11 Å². The molecule has 0 bridgehead atoms. The van der Waals surface area contributed by atoms with Crippen LogP contribution in [0.15, 0.2) is 54.7 Å². The molecule has 10 nitrogen and oxygen atoms in total. The summed E-state index contributed by atoms with van der Waals surface area (Å²) in [5.74, 6) is 1.13. The first-order chi connectivity index (χ1) is 19.2. The van der Waals surface area contributed by atoms with E-state index in [0.29, 0.717) is 31.9 Å². The Hall–Kier alpha value is -4.34. The Kier molecular flexibility index (Phi) is 9.42. The van der Waals surface area contributed by atoms with Crippen molar-refractivity contribution >= 4 is 23.6 Å². The molecule has 0 saturated heterocycles. The normalized spacial score (nSPS) is 12.4. The van der Waals surface area contributed by atoms with E-state index in [1.54, 1.807) is 7.11 Å². The maximum Gasteiger partial charge on any atom is 0.407 e. The minimum absolute atomic E-state index is 0.217. The Morgan fingerprint density at radius 2 is 1.73 bits per heavy atom. The standard InChI is InChI=1S/C30H37N5O5/c1-30(2,3)40-29(37)32-17-8-7-16-31-26(36)24-19-33-28(35-18-15-22-9-5-6-10-25(22)35)34-27(24)39-20-21-11-13-23(38-4)14-12-21/h5-6,9-14,19H,7-8,15-18,20H2,1-4H3,(H,31,36)(H,32,37). The number of fused-ring (bicyclic) bond motifs is 1. The minimum atomic E-state index is -0.541. The molecule has 40 heavy (non-hydrogen) atoms. The summed E-state index contributed by atoms with van der Waals surface area (Å²) in [6.07, 6.45) is 3.32. The maximum absolute atomic E-state index is 13.1. The number of hydrogen-bond donors (Lipinski definition) is 2. The lowest BCUT2D eigenvalue weighted by molar-refractivity contribution is 0.0526. The molecule has 2 aromatic carbocycles. The van der Waals surface area contributed by atoms with E-state index < -0.39 is 11.7 Å². The van der Waals surface area contributed by atoms with Gasteiger partial charge < -0.3 is 29.7 Å². The van der Waals surface area contributed by atoms with E-state index in [0.717, 1.165) is 30.0 Å². The van der Waals surface area contributed by atoms with Crippen molar-refractivity contribution in [2.75, 3.05) is 31.6 Å².